The van der Waals surface area contributed by atoms with Gasteiger partial charge >= 0.3 is 0 Å². The minimum atomic E-state index is -0.466. The normalized spacial score (nSPS) is 14.2. The fraction of sp³-hybridized carbons (Fsp3) is 0.818. The molecule has 1 aromatic rings. The van der Waals surface area contributed by atoms with Crippen LogP contribution in [0.3, 0.4) is 0 Å². The molecule has 15 heavy (non-hydrogen) atoms. The summed E-state index contributed by atoms with van der Waals surface area (Å²) >= 11 is 0. The molecule has 86 valence electrons. The van der Waals surface area contributed by atoms with Crippen LogP contribution in [0.1, 0.15) is 52.3 Å². The van der Waals surface area contributed by atoms with Gasteiger partial charge in [-0.1, -0.05) is 32.9 Å². The van der Waals surface area contributed by atoms with Gasteiger partial charge in [-0.2, -0.15) is 0 Å². The highest BCUT2D eigenvalue weighted by Gasteiger charge is 2.21. The summed E-state index contributed by atoms with van der Waals surface area (Å²) in [4.78, 5) is 0. The predicted molar refractivity (Wildman–Crippen MR) is 59.3 cm³/mol. The monoisotopic (exact) mass is 211 g/mol. The Balaban J connectivity index is 2.72. The fourth-order valence-electron chi connectivity index (χ4n) is 1.59. The van der Waals surface area contributed by atoms with Crippen molar-refractivity contribution in [3.8, 4) is 0 Å². The zero-order valence-corrected chi connectivity index (χ0v) is 10.1. The van der Waals surface area contributed by atoms with Crippen molar-refractivity contribution in [3.63, 3.8) is 0 Å². The first-order chi connectivity index (χ1) is 6.94. The summed E-state index contributed by atoms with van der Waals surface area (Å²) in [6, 6.07) is 0. The van der Waals surface area contributed by atoms with Crippen LogP contribution in [0.15, 0.2) is 6.20 Å². The second-order valence-corrected chi connectivity index (χ2v) is 5.16. The molecular formula is C11H21N3O. The maximum atomic E-state index is 10.1. The molecule has 0 radical (unpaired) electrons. The van der Waals surface area contributed by atoms with E-state index < -0.39 is 6.10 Å². The Kier molecular flexibility index (Phi) is 3.85. The second-order valence-electron chi connectivity index (χ2n) is 5.16. The summed E-state index contributed by atoms with van der Waals surface area (Å²) in [6.07, 6.45) is 2.92. The first kappa shape index (κ1) is 12.2. The van der Waals surface area contributed by atoms with Crippen LogP contribution in [-0.4, -0.2) is 20.1 Å². The lowest BCUT2D eigenvalue weighted by Crippen LogP contribution is -2.15. The molecular weight excluding hydrogens is 190 g/mol. The SMILES string of the molecule is CCCn1nncc1C(O)CC(C)(C)C. The van der Waals surface area contributed by atoms with E-state index in [-0.39, 0.29) is 5.41 Å². The smallest absolute Gasteiger partial charge is 0.0978 e. The van der Waals surface area contributed by atoms with Crippen molar-refractivity contribution < 1.29 is 5.11 Å². The third-order valence-corrected chi connectivity index (χ3v) is 2.23. The van der Waals surface area contributed by atoms with Gasteiger partial charge in [-0.3, -0.25) is 0 Å². The van der Waals surface area contributed by atoms with Gasteiger partial charge in [0.05, 0.1) is 18.0 Å². The van der Waals surface area contributed by atoms with Gasteiger partial charge in [-0.05, 0) is 18.3 Å². The molecule has 0 aliphatic rings. The van der Waals surface area contributed by atoms with Crippen LogP contribution in [-0.2, 0) is 6.54 Å². The zero-order chi connectivity index (χ0) is 11.5. The van der Waals surface area contributed by atoms with Crippen LogP contribution in [0.25, 0.3) is 0 Å². The van der Waals surface area contributed by atoms with Crippen LogP contribution >= 0.6 is 0 Å². The molecule has 0 spiro atoms. The van der Waals surface area contributed by atoms with Crippen LogP contribution in [0, 0.1) is 5.41 Å². The molecule has 0 aromatic carbocycles. The third kappa shape index (κ3) is 3.63. The van der Waals surface area contributed by atoms with E-state index in [1.54, 1.807) is 10.9 Å². The summed E-state index contributed by atoms with van der Waals surface area (Å²) in [5.41, 5.74) is 0.938. The van der Waals surface area contributed by atoms with E-state index in [2.05, 4.69) is 38.0 Å². The Hall–Kier alpha value is -0.900. The minimum absolute atomic E-state index is 0.112. The largest absolute Gasteiger partial charge is 0.387 e. The Bertz CT molecular complexity index is 301. The Morgan fingerprint density at radius 2 is 2.13 bits per heavy atom. The fourth-order valence-corrected chi connectivity index (χ4v) is 1.59. The molecule has 4 nitrogen and oxygen atoms in total. The second kappa shape index (κ2) is 4.75. The van der Waals surface area contributed by atoms with Crippen molar-refractivity contribution in [1.82, 2.24) is 15.0 Å². The number of hydrogen-bond donors (Lipinski definition) is 1. The van der Waals surface area contributed by atoms with Crippen LogP contribution < -0.4 is 0 Å². The van der Waals surface area contributed by atoms with Crippen LogP contribution in [0.4, 0.5) is 0 Å². The summed E-state index contributed by atoms with van der Waals surface area (Å²) < 4.78 is 1.79. The van der Waals surface area contributed by atoms with Gasteiger partial charge in [-0.25, -0.2) is 4.68 Å². The van der Waals surface area contributed by atoms with E-state index in [1.807, 2.05) is 0 Å². The van der Waals surface area contributed by atoms with E-state index >= 15 is 0 Å². The number of aliphatic hydroxyl groups excluding tert-OH is 1. The quantitative estimate of drug-likeness (QED) is 0.830. The maximum absolute atomic E-state index is 10.1. The molecule has 0 bridgehead atoms. The van der Waals surface area contributed by atoms with Crippen molar-refractivity contribution in [2.24, 2.45) is 5.41 Å². The van der Waals surface area contributed by atoms with Gasteiger partial charge in [0.1, 0.15) is 0 Å². The molecule has 1 aromatic heterocycles. The first-order valence-corrected chi connectivity index (χ1v) is 5.50. The van der Waals surface area contributed by atoms with E-state index in [9.17, 15) is 5.11 Å². The molecule has 4 heteroatoms. The average molecular weight is 211 g/mol. The van der Waals surface area contributed by atoms with Crippen molar-refractivity contribution in [2.75, 3.05) is 0 Å². The molecule has 0 saturated heterocycles. The molecule has 1 N–H and O–H groups in total. The molecule has 0 fully saturated rings. The zero-order valence-electron chi connectivity index (χ0n) is 10.1. The van der Waals surface area contributed by atoms with Crippen molar-refractivity contribution in [1.29, 1.82) is 0 Å². The number of aliphatic hydroxyl groups is 1. The topological polar surface area (TPSA) is 50.9 Å². The number of hydrogen-bond acceptors (Lipinski definition) is 3. The highest BCUT2D eigenvalue weighted by atomic mass is 16.3. The standard InChI is InChI=1S/C11H21N3O/c1-5-6-14-9(8-12-13-14)10(15)7-11(2,3)4/h8,10,15H,5-7H2,1-4H3. The van der Waals surface area contributed by atoms with Gasteiger partial charge in [-0.15, -0.1) is 5.10 Å². The number of rotatable bonds is 4. The molecule has 1 atom stereocenters. The molecule has 0 aliphatic heterocycles. The van der Waals surface area contributed by atoms with Gasteiger partial charge in [0.2, 0.25) is 0 Å². The summed E-state index contributed by atoms with van der Waals surface area (Å²) in [5, 5.41) is 17.9. The van der Waals surface area contributed by atoms with Crippen molar-refractivity contribution in [2.45, 2.75) is 53.2 Å². The molecule has 1 rings (SSSR count). The average Bonchev–Trinajstić information content (AvgIpc) is 2.49. The highest BCUT2D eigenvalue weighted by Crippen LogP contribution is 2.28. The Labute approximate surface area is 91.3 Å². The number of aromatic nitrogens is 3. The number of aryl methyl sites for hydroxylation is 1. The Morgan fingerprint density at radius 1 is 1.47 bits per heavy atom. The summed E-state index contributed by atoms with van der Waals surface area (Å²) in [6.45, 7) is 9.25. The van der Waals surface area contributed by atoms with E-state index in [0.29, 0.717) is 0 Å². The minimum Gasteiger partial charge on any atom is -0.387 e. The van der Waals surface area contributed by atoms with Crippen molar-refractivity contribution >= 4 is 0 Å². The molecule has 1 unspecified atom stereocenters. The van der Waals surface area contributed by atoms with Gasteiger partial charge in [0.25, 0.3) is 0 Å². The maximum Gasteiger partial charge on any atom is 0.0978 e. The number of nitrogens with zero attached hydrogens (tertiary/aromatic N) is 3. The van der Waals surface area contributed by atoms with Gasteiger partial charge in [0.15, 0.2) is 0 Å². The molecule has 1 heterocycles. The highest BCUT2D eigenvalue weighted by molar-refractivity contribution is 4.99. The summed E-state index contributed by atoms with van der Waals surface area (Å²) in [5.74, 6) is 0. The van der Waals surface area contributed by atoms with Crippen molar-refractivity contribution in [3.05, 3.63) is 11.9 Å². The lowest BCUT2D eigenvalue weighted by molar-refractivity contribution is 0.113. The van der Waals surface area contributed by atoms with Crippen LogP contribution in [0.5, 0.6) is 0 Å². The Morgan fingerprint density at radius 3 is 2.67 bits per heavy atom. The van der Waals surface area contributed by atoms with E-state index in [1.165, 1.54) is 0 Å². The third-order valence-electron chi connectivity index (χ3n) is 2.23. The van der Waals surface area contributed by atoms with E-state index in [0.717, 1.165) is 25.1 Å². The predicted octanol–water partition coefficient (Wildman–Crippen LogP) is 2.16. The summed E-state index contributed by atoms with van der Waals surface area (Å²) in [7, 11) is 0. The first-order valence-electron chi connectivity index (χ1n) is 5.50. The molecule has 0 amide bonds. The lowest BCUT2D eigenvalue weighted by Gasteiger charge is -2.22. The lowest BCUT2D eigenvalue weighted by atomic mass is 9.88. The van der Waals surface area contributed by atoms with Crippen LogP contribution in [0.2, 0.25) is 0 Å². The van der Waals surface area contributed by atoms with E-state index in [4.69, 9.17) is 0 Å². The molecule has 0 aliphatic carbocycles. The van der Waals surface area contributed by atoms with Gasteiger partial charge < -0.3 is 5.11 Å². The molecule has 0 saturated carbocycles. The van der Waals surface area contributed by atoms with Gasteiger partial charge in [0, 0.05) is 6.54 Å².